The Bertz CT molecular complexity index is 2040. The number of rotatable bonds is 6. The van der Waals surface area contributed by atoms with Crippen LogP contribution in [0, 0.1) is 6.92 Å². The van der Waals surface area contributed by atoms with Gasteiger partial charge in [0.25, 0.3) is 11.8 Å². The van der Waals surface area contributed by atoms with Crippen molar-refractivity contribution in [2.24, 2.45) is 0 Å². The summed E-state index contributed by atoms with van der Waals surface area (Å²) in [5.41, 5.74) is 8.65. The molecule has 2 aliphatic carbocycles. The van der Waals surface area contributed by atoms with E-state index in [1.165, 1.54) is 71.2 Å². The van der Waals surface area contributed by atoms with Gasteiger partial charge in [0.1, 0.15) is 5.54 Å². The molecule has 2 saturated carbocycles. The largest absolute Gasteiger partial charge is 0.357 e. The molecule has 1 aliphatic heterocycles. The van der Waals surface area contributed by atoms with E-state index in [9.17, 15) is 9.59 Å². The first-order valence-electron chi connectivity index (χ1n) is 17.3. The lowest BCUT2D eigenvalue weighted by Crippen LogP contribution is -2.55. The van der Waals surface area contributed by atoms with Gasteiger partial charge < -0.3 is 15.2 Å². The molecule has 0 radical (unpaired) electrons. The zero-order chi connectivity index (χ0) is 32.8. The Morgan fingerprint density at radius 2 is 1.75 bits per heavy atom. The molecular formula is C40H41N5O2S. The lowest BCUT2D eigenvalue weighted by atomic mass is 9.81. The number of thiazole rings is 1. The summed E-state index contributed by atoms with van der Waals surface area (Å²) in [6.45, 7) is 7.03. The molecule has 3 aliphatic rings. The van der Waals surface area contributed by atoms with Crippen molar-refractivity contribution in [1.29, 1.82) is 0 Å². The Morgan fingerprint density at radius 1 is 0.979 bits per heavy atom. The van der Waals surface area contributed by atoms with Crippen LogP contribution < -0.4 is 16.0 Å². The van der Waals surface area contributed by atoms with E-state index in [0.717, 1.165) is 40.2 Å². The maximum atomic E-state index is 14.1. The average molecular weight is 656 g/mol. The number of hydrogen-bond acceptors (Lipinski definition) is 5. The molecule has 0 atom stereocenters. The third kappa shape index (κ3) is 5.52. The Labute approximate surface area is 285 Å². The van der Waals surface area contributed by atoms with Gasteiger partial charge in [0.05, 0.1) is 17.1 Å². The van der Waals surface area contributed by atoms with Crippen LogP contribution in [0.4, 0.5) is 10.8 Å². The van der Waals surface area contributed by atoms with Crippen molar-refractivity contribution < 1.29 is 9.59 Å². The zero-order valence-electron chi connectivity index (χ0n) is 27.4. The molecule has 0 saturated heterocycles. The van der Waals surface area contributed by atoms with Crippen LogP contribution >= 0.6 is 11.3 Å². The summed E-state index contributed by atoms with van der Waals surface area (Å²) in [7, 11) is 0. The number of aryl methyl sites for hydroxylation is 1. The number of carbonyl (C=O) groups is 2. The van der Waals surface area contributed by atoms with Crippen LogP contribution in [-0.4, -0.2) is 26.9 Å². The molecule has 0 spiro atoms. The Balaban J connectivity index is 1.12. The van der Waals surface area contributed by atoms with Crippen molar-refractivity contribution in [3.63, 3.8) is 0 Å². The number of aromatic nitrogens is 2. The maximum Gasteiger partial charge on any atom is 0.252 e. The number of para-hydroxylation sites is 1. The predicted molar refractivity (Wildman–Crippen MR) is 196 cm³/mol. The fourth-order valence-corrected chi connectivity index (χ4v) is 8.89. The topological polar surface area (TPSA) is 88.1 Å². The minimum Gasteiger partial charge on any atom is -0.357 e. The van der Waals surface area contributed by atoms with Gasteiger partial charge in [-0.3, -0.25) is 14.9 Å². The molecule has 0 unspecified atom stereocenters. The van der Waals surface area contributed by atoms with Gasteiger partial charge >= 0.3 is 0 Å². The monoisotopic (exact) mass is 655 g/mol. The van der Waals surface area contributed by atoms with E-state index >= 15 is 0 Å². The van der Waals surface area contributed by atoms with Gasteiger partial charge in [0.2, 0.25) is 0 Å². The summed E-state index contributed by atoms with van der Waals surface area (Å²) in [6.07, 6.45) is 10.9. The second-order valence-electron chi connectivity index (χ2n) is 13.8. The molecule has 244 valence electrons. The van der Waals surface area contributed by atoms with E-state index in [0.29, 0.717) is 36.0 Å². The van der Waals surface area contributed by atoms with Crippen LogP contribution in [0.25, 0.3) is 32.6 Å². The molecule has 8 heteroatoms. The van der Waals surface area contributed by atoms with E-state index in [1.54, 1.807) is 6.20 Å². The van der Waals surface area contributed by atoms with E-state index in [-0.39, 0.29) is 11.8 Å². The first-order chi connectivity index (χ1) is 23.4. The summed E-state index contributed by atoms with van der Waals surface area (Å²) < 4.78 is 2.35. The molecule has 0 bridgehead atoms. The number of allylic oxidation sites excluding steroid dienone is 1. The van der Waals surface area contributed by atoms with Gasteiger partial charge in [-0.2, -0.15) is 0 Å². The second-order valence-corrected chi connectivity index (χ2v) is 14.8. The molecule has 8 rings (SSSR count). The number of nitrogens with zero attached hydrogens (tertiary/aromatic N) is 2. The molecular weight excluding hydrogens is 615 g/mol. The van der Waals surface area contributed by atoms with Crippen molar-refractivity contribution in [2.45, 2.75) is 82.7 Å². The summed E-state index contributed by atoms with van der Waals surface area (Å²) in [5, 5.41) is 11.5. The first kappa shape index (κ1) is 30.6. The average Bonchev–Trinajstić information content (AvgIpc) is 3.82. The molecule has 3 heterocycles. The lowest BCUT2D eigenvalue weighted by Gasteiger charge is -2.28. The van der Waals surface area contributed by atoms with Gasteiger partial charge in [-0.1, -0.05) is 104 Å². The fourth-order valence-electron chi connectivity index (χ4n) is 8.07. The van der Waals surface area contributed by atoms with Crippen LogP contribution in [0.1, 0.15) is 85.2 Å². The van der Waals surface area contributed by atoms with Crippen LogP contribution in [0.2, 0.25) is 0 Å². The molecule has 7 nitrogen and oxygen atoms in total. The summed E-state index contributed by atoms with van der Waals surface area (Å²) in [5.74, 6) is 0.0444. The molecule has 2 fully saturated rings. The summed E-state index contributed by atoms with van der Waals surface area (Å²) in [6, 6.07) is 22.9. The first-order valence-corrected chi connectivity index (χ1v) is 18.1. The lowest BCUT2D eigenvalue weighted by molar-refractivity contribution is -0.122. The molecule has 5 aromatic rings. The number of benzene rings is 3. The van der Waals surface area contributed by atoms with E-state index in [2.05, 4.69) is 93.6 Å². The highest BCUT2D eigenvalue weighted by molar-refractivity contribution is 7.19. The maximum absolute atomic E-state index is 14.1. The summed E-state index contributed by atoms with van der Waals surface area (Å²) in [4.78, 5) is 33.5. The highest BCUT2D eigenvalue weighted by Gasteiger charge is 2.43. The smallest absolute Gasteiger partial charge is 0.252 e. The number of hydrogen-bond donors (Lipinski definition) is 3. The van der Waals surface area contributed by atoms with Gasteiger partial charge in [-0.25, -0.2) is 4.98 Å². The van der Waals surface area contributed by atoms with Crippen molar-refractivity contribution in [3.05, 3.63) is 102 Å². The standard InChI is InChI=1S/C40H41N5O2S/c1-25-14-16-27(17-15-25)34-23-41-39(48-34)43-38(47)40(20-8-9-21-40)44-37(46)29-18-19-31-33(22-29)45-24-26(2)42-32-13-7-6-12-30(32)36(45)35(31)28-10-4-3-5-11-28/h6-7,12-19,22-23,28,42H,2-5,8-11,20-21,24H2,1H3,(H,44,46)(H,41,43,47). The number of fused-ring (bicyclic) bond motifs is 5. The number of amides is 2. The van der Waals surface area contributed by atoms with Gasteiger partial charge in [-0.15, -0.1) is 0 Å². The minimum atomic E-state index is -0.984. The van der Waals surface area contributed by atoms with Crippen molar-refractivity contribution >= 4 is 44.9 Å². The van der Waals surface area contributed by atoms with Gasteiger partial charge in [0.15, 0.2) is 5.13 Å². The predicted octanol–water partition coefficient (Wildman–Crippen LogP) is 9.41. The Kier molecular flexibility index (Phi) is 7.91. The minimum absolute atomic E-state index is 0.200. The molecule has 48 heavy (non-hydrogen) atoms. The van der Waals surface area contributed by atoms with Crippen molar-refractivity contribution in [3.8, 4) is 21.7 Å². The molecule has 2 aromatic heterocycles. The van der Waals surface area contributed by atoms with Crippen molar-refractivity contribution in [1.82, 2.24) is 14.9 Å². The quantitative estimate of drug-likeness (QED) is 0.170. The molecule has 2 amide bonds. The third-order valence-corrected chi connectivity index (χ3v) is 11.5. The normalized spacial score (nSPS) is 17.3. The highest BCUT2D eigenvalue weighted by atomic mass is 32.1. The summed E-state index contributed by atoms with van der Waals surface area (Å²) >= 11 is 1.45. The Hall–Kier alpha value is -4.69. The van der Waals surface area contributed by atoms with Crippen LogP contribution in [0.15, 0.2) is 85.2 Å². The van der Waals surface area contributed by atoms with Gasteiger partial charge in [-0.05, 0) is 67.9 Å². The van der Waals surface area contributed by atoms with Crippen LogP contribution in [-0.2, 0) is 11.3 Å². The Morgan fingerprint density at radius 3 is 2.54 bits per heavy atom. The fraction of sp³-hybridized carbons (Fsp3) is 0.325. The second kappa shape index (κ2) is 12.4. The number of carbonyl (C=O) groups excluding carboxylic acids is 2. The SMILES string of the molecule is C=C1Cn2c(c(C3CCCCC3)c3ccc(C(=O)NC4(C(=O)Nc5ncc(-c6ccc(C)cc6)s5)CCCC4)cc32)-c2ccccc2N1. The van der Waals surface area contributed by atoms with Crippen LogP contribution in [0.3, 0.4) is 0 Å². The third-order valence-electron chi connectivity index (χ3n) is 10.5. The molecule has 3 aromatic carbocycles. The highest BCUT2D eigenvalue weighted by Crippen LogP contribution is 2.47. The van der Waals surface area contributed by atoms with E-state index in [1.807, 2.05) is 12.1 Å². The van der Waals surface area contributed by atoms with E-state index < -0.39 is 5.54 Å². The van der Waals surface area contributed by atoms with E-state index in [4.69, 9.17) is 0 Å². The zero-order valence-corrected chi connectivity index (χ0v) is 28.2. The van der Waals surface area contributed by atoms with Crippen LogP contribution in [0.5, 0.6) is 0 Å². The number of anilines is 2. The van der Waals surface area contributed by atoms with Crippen molar-refractivity contribution in [2.75, 3.05) is 10.6 Å². The number of nitrogens with one attached hydrogen (secondary N) is 3. The van der Waals surface area contributed by atoms with Gasteiger partial charge in [0, 0.05) is 39.6 Å². The molecule has 3 N–H and O–H groups in total.